The second-order valence-electron chi connectivity index (χ2n) is 7.67. The summed E-state index contributed by atoms with van der Waals surface area (Å²) in [6.45, 7) is 0. The lowest BCUT2D eigenvalue weighted by atomic mass is 10.3. The fourth-order valence-electron chi connectivity index (χ4n) is 3.49. The summed E-state index contributed by atoms with van der Waals surface area (Å²) in [6, 6.07) is 5.49. The number of fused-ring (bicyclic) bond motifs is 1. The van der Waals surface area contributed by atoms with Gasteiger partial charge in [-0.3, -0.25) is 14.3 Å². The second kappa shape index (κ2) is 6.69. The Morgan fingerprint density at radius 3 is 2.77 bits per heavy atom. The van der Waals surface area contributed by atoms with Crippen molar-refractivity contribution in [2.75, 3.05) is 0 Å². The minimum atomic E-state index is -0.451. The molecule has 0 saturated heterocycles. The van der Waals surface area contributed by atoms with Crippen molar-refractivity contribution in [1.29, 1.82) is 0 Å². The van der Waals surface area contributed by atoms with Gasteiger partial charge < -0.3 is 8.94 Å². The van der Waals surface area contributed by atoms with Gasteiger partial charge in [0.1, 0.15) is 16.2 Å². The van der Waals surface area contributed by atoms with E-state index in [4.69, 9.17) is 8.94 Å². The lowest BCUT2D eigenvalue weighted by Gasteiger charge is -2.11. The van der Waals surface area contributed by atoms with Crippen LogP contribution in [-0.4, -0.2) is 24.7 Å². The van der Waals surface area contributed by atoms with Gasteiger partial charge in [0.25, 0.3) is 5.56 Å². The molecule has 152 valence electrons. The Labute approximate surface area is 173 Å². The highest BCUT2D eigenvalue weighted by atomic mass is 32.2. The van der Waals surface area contributed by atoms with Gasteiger partial charge >= 0.3 is 5.69 Å². The molecule has 0 aromatic carbocycles. The summed E-state index contributed by atoms with van der Waals surface area (Å²) >= 11 is 1.39. The van der Waals surface area contributed by atoms with Crippen LogP contribution in [0, 0.1) is 0 Å². The molecular weight excluding hydrogens is 406 g/mol. The number of nitrogens with zero attached hydrogens (tertiary/aromatic N) is 4. The summed E-state index contributed by atoms with van der Waals surface area (Å²) in [6.07, 6.45) is 5.47. The Morgan fingerprint density at radius 1 is 1.17 bits per heavy atom. The predicted molar refractivity (Wildman–Crippen MR) is 108 cm³/mol. The van der Waals surface area contributed by atoms with E-state index in [9.17, 15) is 9.59 Å². The second-order valence-corrected chi connectivity index (χ2v) is 8.63. The molecule has 2 saturated carbocycles. The molecule has 2 fully saturated rings. The van der Waals surface area contributed by atoms with Crippen LogP contribution in [0.1, 0.15) is 49.2 Å². The Hall–Kier alpha value is -3.14. The number of rotatable bonds is 6. The Kier molecular flexibility index (Phi) is 3.95. The zero-order valence-electron chi connectivity index (χ0n) is 15.8. The van der Waals surface area contributed by atoms with Crippen molar-refractivity contribution in [2.45, 2.75) is 48.4 Å². The molecule has 0 bridgehead atoms. The number of furan rings is 1. The first-order chi connectivity index (χ1) is 14.7. The van der Waals surface area contributed by atoms with E-state index in [0.29, 0.717) is 50.8 Å². The standard InChI is InChI=1S/C20H17N5O4S/c26-18-15-17(25(12-5-6-12)20(27)23-18)21-16(10-3-4-10)22-19(15)30-9-11-8-14(29-24-11)13-2-1-7-28-13/h1-2,7-8,10,12H,3-6,9H2,(H,23,26,27). The average Bonchev–Trinajstić information content (AvgIpc) is 3.64. The van der Waals surface area contributed by atoms with Crippen LogP contribution in [-0.2, 0) is 5.75 Å². The highest BCUT2D eigenvalue weighted by molar-refractivity contribution is 7.98. The number of H-pyrrole nitrogens is 1. The van der Waals surface area contributed by atoms with E-state index in [1.54, 1.807) is 29.0 Å². The average molecular weight is 423 g/mol. The number of aromatic amines is 1. The predicted octanol–water partition coefficient (Wildman–Crippen LogP) is 3.23. The van der Waals surface area contributed by atoms with Gasteiger partial charge in [-0.05, 0) is 37.8 Å². The lowest BCUT2D eigenvalue weighted by Crippen LogP contribution is -2.31. The van der Waals surface area contributed by atoms with Crippen molar-refractivity contribution in [3.63, 3.8) is 0 Å². The minimum absolute atomic E-state index is 0.100. The molecule has 4 aromatic heterocycles. The van der Waals surface area contributed by atoms with Crippen LogP contribution in [0.4, 0.5) is 0 Å². The van der Waals surface area contributed by atoms with E-state index in [-0.39, 0.29) is 6.04 Å². The van der Waals surface area contributed by atoms with Crippen molar-refractivity contribution in [1.82, 2.24) is 24.7 Å². The molecule has 2 aliphatic carbocycles. The molecule has 0 atom stereocenters. The van der Waals surface area contributed by atoms with Gasteiger partial charge in [-0.25, -0.2) is 14.8 Å². The van der Waals surface area contributed by atoms with Crippen molar-refractivity contribution >= 4 is 22.8 Å². The maximum atomic E-state index is 12.7. The first kappa shape index (κ1) is 17.7. The van der Waals surface area contributed by atoms with E-state index < -0.39 is 11.2 Å². The van der Waals surface area contributed by atoms with Crippen LogP contribution in [0.15, 0.2) is 48.0 Å². The third kappa shape index (κ3) is 3.07. The molecule has 1 N–H and O–H groups in total. The zero-order chi connectivity index (χ0) is 20.2. The number of thioether (sulfide) groups is 1. The van der Waals surface area contributed by atoms with E-state index in [0.717, 1.165) is 25.7 Å². The topological polar surface area (TPSA) is 120 Å². The Balaban J connectivity index is 1.40. The maximum absolute atomic E-state index is 12.7. The van der Waals surface area contributed by atoms with Crippen molar-refractivity contribution < 1.29 is 8.94 Å². The molecule has 6 rings (SSSR count). The Bertz CT molecular complexity index is 1360. The molecule has 0 amide bonds. The van der Waals surface area contributed by atoms with Gasteiger partial charge in [0.15, 0.2) is 11.4 Å². The third-order valence-electron chi connectivity index (χ3n) is 5.30. The molecule has 4 aromatic rings. The quantitative estimate of drug-likeness (QED) is 0.371. The van der Waals surface area contributed by atoms with Crippen molar-refractivity contribution in [2.24, 2.45) is 0 Å². The van der Waals surface area contributed by atoms with Gasteiger partial charge in [-0.2, -0.15) is 0 Å². The van der Waals surface area contributed by atoms with Crippen LogP contribution in [0.2, 0.25) is 0 Å². The van der Waals surface area contributed by atoms with E-state index in [1.807, 2.05) is 0 Å². The zero-order valence-corrected chi connectivity index (χ0v) is 16.6. The minimum Gasteiger partial charge on any atom is -0.461 e. The summed E-state index contributed by atoms with van der Waals surface area (Å²) < 4.78 is 12.3. The van der Waals surface area contributed by atoms with Crippen LogP contribution in [0.3, 0.4) is 0 Å². The lowest BCUT2D eigenvalue weighted by molar-refractivity contribution is 0.413. The normalized spacial score (nSPS) is 16.4. The Morgan fingerprint density at radius 2 is 2.03 bits per heavy atom. The molecule has 0 spiro atoms. The van der Waals surface area contributed by atoms with E-state index in [1.165, 1.54) is 11.8 Å². The first-order valence-corrected chi connectivity index (χ1v) is 10.8. The number of hydrogen-bond donors (Lipinski definition) is 1. The largest absolute Gasteiger partial charge is 0.461 e. The molecule has 0 unspecified atom stereocenters. The first-order valence-electron chi connectivity index (χ1n) is 9.86. The molecule has 2 aliphatic rings. The number of nitrogens with one attached hydrogen (secondary N) is 1. The van der Waals surface area contributed by atoms with Crippen LogP contribution in [0.5, 0.6) is 0 Å². The van der Waals surface area contributed by atoms with E-state index >= 15 is 0 Å². The van der Waals surface area contributed by atoms with Gasteiger partial charge in [0.2, 0.25) is 5.76 Å². The fourth-order valence-corrected chi connectivity index (χ4v) is 4.40. The van der Waals surface area contributed by atoms with Gasteiger partial charge in [-0.15, -0.1) is 0 Å². The molecule has 9 nitrogen and oxygen atoms in total. The van der Waals surface area contributed by atoms with Gasteiger partial charge in [0.05, 0.1) is 12.0 Å². The van der Waals surface area contributed by atoms with Crippen LogP contribution >= 0.6 is 11.8 Å². The summed E-state index contributed by atoms with van der Waals surface area (Å²) in [5.74, 6) is 2.62. The number of aromatic nitrogens is 5. The fraction of sp³-hybridized carbons (Fsp3) is 0.350. The van der Waals surface area contributed by atoms with Crippen molar-refractivity contribution in [3.8, 4) is 11.5 Å². The van der Waals surface area contributed by atoms with Gasteiger partial charge in [-0.1, -0.05) is 16.9 Å². The molecule has 10 heteroatoms. The summed E-state index contributed by atoms with van der Waals surface area (Å²) in [5, 5.41) is 5.03. The number of hydrogen-bond acceptors (Lipinski definition) is 8. The monoisotopic (exact) mass is 423 g/mol. The van der Waals surface area contributed by atoms with Crippen molar-refractivity contribution in [3.05, 3.63) is 56.8 Å². The highest BCUT2D eigenvalue weighted by Gasteiger charge is 2.32. The summed E-state index contributed by atoms with van der Waals surface area (Å²) in [5.41, 5.74) is 0.305. The molecule has 4 heterocycles. The third-order valence-corrected chi connectivity index (χ3v) is 6.31. The van der Waals surface area contributed by atoms with E-state index in [2.05, 4.69) is 20.1 Å². The summed E-state index contributed by atoms with van der Waals surface area (Å²) in [4.78, 5) is 36.9. The highest BCUT2D eigenvalue weighted by Crippen LogP contribution is 2.41. The van der Waals surface area contributed by atoms with Crippen LogP contribution < -0.4 is 11.2 Å². The molecule has 30 heavy (non-hydrogen) atoms. The maximum Gasteiger partial charge on any atom is 0.330 e. The van der Waals surface area contributed by atoms with Gasteiger partial charge in [0, 0.05) is 23.8 Å². The van der Waals surface area contributed by atoms with Crippen LogP contribution in [0.25, 0.3) is 22.6 Å². The smallest absolute Gasteiger partial charge is 0.330 e. The molecule has 0 radical (unpaired) electrons. The molecule has 0 aliphatic heterocycles. The molecular formula is C20H17N5O4S. The SMILES string of the molecule is O=c1[nH]c(=O)n(C2CC2)c2nc(C3CC3)nc(SCc3cc(-c4ccco4)on3)c12. The summed E-state index contributed by atoms with van der Waals surface area (Å²) in [7, 11) is 0.